The number of rotatable bonds is 2. The Kier molecular flexibility index (Phi) is 3.09. The van der Waals surface area contributed by atoms with Gasteiger partial charge in [-0.2, -0.15) is 0 Å². The van der Waals surface area contributed by atoms with Crippen molar-refractivity contribution in [2.24, 2.45) is 0 Å². The zero-order valence-corrected chi connectivity index (χ0v) is 11.7. The van der Waals surface area contributed by atoms with E-state index in [0.717, 1.165) is 22.4 Å². The number of hydrogen-bond donors (Lipinski definition) is 2. The number of fused-ring (bicyclic) bond motifs is 1. The maximum atomic E-state index is 10.1. The van der Waals surface area contributed by atoms with Gasteiger partial charge in [0, 0.05) is 5.92 Å². The van der Waals surface area contributed by atoms with Crippen LogP contribution in [0.4, 0.5) is 0 Å². The van der Waals surface area contributed by atoms with Crippen molar-refractivity contribution in [1.29, 1.82) is 0 Å². The molecule has 3 rings (SSSR count). The van der Waals surface area contributed by atoms with Gasteiger partial charge in [-0.15, -0.1) is 0 Å². The van der Waals surface area contributed by atoms with Crippen LogP contribution in [0.2, 0.25) is 0 Å². The van der Waals surface area contributed by atoms with Crippen molar-refractivity contribution in [2.45, 2.75) is 57.5 Å². The van der Waals surface area contributed by atoms with E-state index >= 15 is 0 Å². The summed E-state index contributed by atoms with van der Waals surface area (Å²) in [6.07, 6.45) is 6.49. The summed E-state index contributed by atoms with van der Waals surface area (Å²) < 4.78 is 0. The third-order valence-electron chi connectivity index (χ3n) is 4.20. The summed E-state index contributed by atoms with van der Waals surface area (Å²) >= 11 is 0. The SMILES string of the molecule is CC(C)(O)c1ccc2nc(C3CCCCC3)[nH]c2c1. The highest BCUT2D eigenvalue weighted by atomic mass is 16.3. The lowest BCUT2D eigenvalue weighted by Gasteiger charge is -2.19. The van der Waals surface area contributed by atoms with Gasteiger partial charge in [-0.05, 0) is 44.4 Å². The molecule has 3 nitrogen and oxygen atoms in total. The molecule has 0 atom stereocenters. The van der Waals surface area contributed by atoms with E-state index in [9.17, 15) is 5.11 Å². The maximum absolute atomic E-state index is 10.1. The van der Waals surface area contributed by atoms with Crippen LogP contribution in [0.5, 0.6) is 0 Å². The molecule has 0 unspecified atom stereocenters. The average molecular weight is 258 g/mol. The van der Waals surface area contributed by atoms with Crippen LogP contribution in [0.15, 0.2) is 18.2 Å². The molecule has 1 aliphatic rings. The number of hydrogen-bond acceptors (Lipinski definition) is 2. The summed E-state index contributed by atoms with van der Waals surface area (Å²) in [6, 6.07) is 5.99. The maximum Gasteiger partial charge on any atom is 0.110 e. The Hall–Kier alpha value is -1.35. The Labute approximate surface area is 114 Å². The highest BCUT2D eigenvalue weighted by Crippen LogP contribution is 2.32. The first-order valence-electron chi connectivity index (χ1n) is 7.26. The van der Waals surface area contributed by atoms with Crippen LogP contribution in [0.1, 0.15) is 63.3 Å². The molecule has 0 saturated heterocycles. The van der Waals surface area contributed by atoms with Gasteiger partial charge in [0.25, 0.3) is 0 Å². The van der Waals surface area contributed by atoms with Crippen molar-refractivity contribution < 1.29 is 5.11 Å². The van der Waals surface area contributed by atoms with Crippen LogP contribution in [0.25, 0.3) is 11.0 Å². The summed E-state index contributed by atoms with van der Waals surface area (Å²) in [7, 11) is 0. The van der Waals surface area contributed by atoms with Crippen LogP contribution in [-0.4, -0.2) is 15.1 Å². The lowest BCUT2D eigenvalue weighted by atomic mass is 9.89. The molecule has 102 valence electrons. The Morgan fingerprint density at radius 3 is 2.63 bits per heavy atom. The zero-order valence-electron chi connectivity index (χ0n) is 11.7. The molecule has 2 N–H and O–H groups in total. The molecule has 0 amide bonds. The Morgan fingerprint density at radius 2 is 1.95 bits per heavy atom. The molecule has 1 aliphatic carbocycles. The fourth-order valence-corrected chi connectivity index (χ4v) is 2.98. The predicted molar refractivity (Wildman–Crippen MR) is 77.2 cm³/mol. The second kappa shape index (κ2) is 4.64. The van der Waals surface area contributed by atoms with E-state index in [0.29, 0.717) is 5.92 Å². The summed E-state index contributed by atoms with van der Waals surface area (Å²) in [6.45, 7) is 3.62. The van der Waals surface area contributed by atoms with E-state index in [1.54, 1.807) is 0 Å². The van der Waals surface area contributed by atoms with Gasteiger partial charge >= 0.3 is 0 Å². The highest BCUT2D eigenvalue weighted by molar-refractivity contribution is 5.76. The third kappa shape index (κ3) is 2.52. The molecule has 1 saturated carbocycles. The lowest BCUT2D eigenvalue weighted by Crippen LogP contribution is -2.14. The molecule has 1 heterocycles. The molecule has 2 aromatic rings. The van der Waals surface area contributed by atoms with E-state index in [4.69, 9.17) is 4.98 Å². The van der Waals surface area contributed by atoms with E-state index in [1.807, 2.05) is 32.0 Å². The zero-order chi connectivity index (χ0) is 13.5. The number of aromatic amines is 1. The smallest absolute Gasteiger partial charge is 0.110 e. The minimum atomic E-state index is -0.801. The molecular formula is C16H22N2O. The van der Waals surface area contributed by atoms with Crippen molar-refractivity contribution >= 4 is 11.0 Å². The van der Waals surface area contributed by atoms with Crippen LogP contribution in [0, 0.1) is 0 Å². The second-order valence-electron chi connectivity index (χ2n) is 6.25. The monoisotopic (exact) mass is 258 g/mol. The van der Waals surface area contributed by atoms with Crippen LogP contribution in [0.3, 0.4) is 0 Å². The highest BCUT2D eigenvalue weighted by Gasteiger charge is 2.20. The van der Waals surface area contributed by atoms with Gasteiger partial charge in [0.2, 0.25) is 0 Å². The number of aromatic nitrogens is 2. The number of aliphatic hydroxyl groups is 1. The van der Waals surface area contributed by atoms with E-state index < -0.39 is 5.60 Å². The predicted octanol–water partition coefficient (Wildman–Crippen LogP) is 3.84. The van der Waals surface area contributed by atoms with Gasteiger partial charge in [0.15, 0.2) is 0 Å². The van der Waals surface area contributed by atoms with Crippen molar-refractivity contribution in [3.63, 3.8) is 0 Å². The topological polar surface area (TPSA) is 48.9 Å². The van der Waals surface area contributed by atoms with Crippen molar-refractivity contribution in [3.05, 3.63) is 29.6 Å². The number of imidazole rings is 1. The third-order valence-corrected chi connectivity index (χ3v) is 4.20. The number of benzene rings is 1. The number of nitrogens with one attached hydrogen (secondary N) is 1. The number of H-pyrrole nitrogens is 1. The van der Waals surface area contributed by atoms with E-state index in [1.165, 1.54) is 32.1 Å². The molecular weight excluding hydrogens is 236 g/mol. The van der Waals surface area contributed by atoms with E-state index in [2.05, 4.69) is 4.98 Å². The van der Waals surface area contributed by atoms with Crippen molar-refractivity contribution in [3.8, 4) is 0 Å². The molecule has 1 aromatic heterocycles. The van der Waals surface area contributed by atoms with Gasteiger partial charge in [-0.25, -0.2) is 4.98 Å². The molecule has 0 radical (unpaired) electrons. The largest absolute Gasteiger partial charge is 0.386 e. The lowest BCUT2D eigenvalue weighted by molar-refractivity contribution is 0.0787. The Morgan fingerprint density at radius 1 is 1.21 bits per heavy atom. The molecule has 0 aliphatic heterocycles. The van der Waals surface area contributed by atoms with Gasteiger partial charge in [0.05, 0.1) is 16.6 Å². The van der Waals surface area contributed by atoms with Gasteiger partial charge in [0.1, 0.15) is 5.82 Å². The minimum Gasteiger partial charge on any atom is -0.386 e. The van der Waals surface area contributed by atoms with Crippen molar-refractivity contribution in [2.75, 3.05) is 0 Å². The molecule has 1 aromatic carbocycles. The van der Waals surface area contributed by atoms with Gasteiger partial charge in [-0.3, -0.25) is 0 Å². The van der Waals surface area contributed by atoms with Crippen molar-refractivity contribution in [1.82, 2.24) is 9.97 Å². The summed E-state index contributed by atoms with van der Waals surface area (Å²) in [5, 5.41) is 10.1. The minimum absolute atomic E-state index is 0.590. The van der Waals surface area contributed by atoms with E-state index in [-0.39, 0.29) is 0 Å². The summed E-state index contributed by atoms with van der Waals surface area (Å²) in [5.41, 5.74) is 2.18. The molecule has 0 spiro atoms. The van der Waals surface area contributed by atoms with Gasteiger partial charge < -0.3 is 10.1 Å². The standard InChI is InChI=1S/C16H22N2O/c1-16(2,19)12-8-9-13-14(10-12)18-15(17-13)11-6-4-3-5-7-11/h8-11,19H,3-7H2,1-2H3,(H,17,18). The first kappa shape index (κ1) is 12.7. The van der Waals surface area contributed by atoms with Crippen LogP contribution in [-0.2, 0) is 5.60 Å². The van der Waals surface area contributed by atoms with Crippen LogP contribution < -0.4 is 0 Å². The Balaban J connectivity index is 1.96. The average Bonchev–Trinajstić information content (AvgIpc) is 2.81. The number of nitrogens with zero attached hydrogens (tertiary/aromatic N) is 1. The molecule has 0 bridgehead atoms. The fourth-order valence-electron chi connectivity index (χ4n) is 2.98. The molecule has 1 fully saturated rings. The second-order valence-corrected chi connectivity index (χ2v) is 6.25. The Bertz CT molecular complexity index is 574. The normalized spacial score (nSPS) is 18.1. The first-order chi connectivity index (χ1) is 9.04. The molecule has 3 heteroatoms. The molecule has 19 heavy (non-hydrogen) atoms. The fraction of sp³-hybridized carbons (Fsp3) is 0.562. The first-order valence-corrected chi connectivity index (χ1v) is 7.26. The summed E-state index contributed by atoms with van der Waals surface area (Å²) in [4.78, 5) is 8.18. The van der Waals surface area contributed by atoms with Gasteiger partial charge in [-0.1, -0.05) is 25.3 Å². The quantitative estimate of drug-likeness (QED) is 0.859. The summed E-state index contributed by atoms with van der Waals surface area (Å²) in [5.74, 6) is 1.72. The van der Waals surface area contributed by atoms with Crippen LogP contribution >= 0.6 is 0 Å².